The van der Waals surface area contributed by atoms with Gasteiger partial charge < -0.3 is 10.0 Å². The Morgan fingerprint density at radius 1 is 1.47 bits per heavy atom. The second-order valence-electron chi connectivity index (χ2n) is 4.12. The van der Waals surface area contributed by atoms with E-state index in [0.717, 1.165) is 5.56 Å². The van der Waals surface area contributed by atoms with E-state index in [2.05, 4.69) is 4.98 Å². The number of nitrogens with zero attached hydrogens (tertiary/aromatic N) is 2. The maximum Gasteiger partial charge on any atom is 0.328 e. The van der Waals surface area contributed by atoms with Crippen molar-refractivity contribution in [3.8, 4) is 0 Å². The molecule has 0 atom stereocenters. The molecule has 0 unspecified atom stereocenters. The van der Waals surface area contributed by atoms with Crippen LogP contribution in [0.1, 0.15) is 19.4 Å². The summed E-state index contributed by atoms with van der Waals surface area (Å²) in [5.74, 6) is -0.208. The molecule has 1 rings (SSSR count). The van der Waals surface area contributed by atoms with Crippen LogP contribution in [0.25, 0.3) is 0 Å². The second kappa shape index (κ2) is 3.88. The van der Waals surface area contributed by atoms with Gasteiger partial charge in [0.2, 0.25) is 0 Å². The van der Waals surface area contributed by atoms with Gasteiger partial charge in [-0.15, -0.1) is 0 Å². The minimum atomic E-state index is -0.956. The lowest BCUT2D eigenvalue weighted by Crippen LogP contribution is -2.48. The Balaban J connectivity index is 2.99. The molecule has 0 bridgehead atoms. The first-order chi connectivity index (χ1) is 6.85. The van der Waals surface area contributed by atoms with Crippen LogP contribution in [0.4, 0.5) is 5.82 Å². The summed E-state index contributed by atoms with van der Waals surface area (Å²) < 4.78 is 0. The molecule has 82 valence electrons. The number of carbonyl (C=O) groups is 1. The van der Waals surface area contributed by atoms with E-state index >= 15 is 0 Å². The molecule has 0 amide bonds. The molecule has 1 aromatic rings. The average molecular weight is 208 g/mol. The van der Waals surface area contributed by atoms with Crippen LogP contribution >= 0.6 is 0 Å². The molecule has 0 fully saturated rings. The van der Waals surface area contributed by atoms with E-state index in [1.807, 2.05) is 19.1 Å². The number of hydrogen-bond acceptors (Lipinski definition) is 3. The van der Waals surface area contributed by atoms with Crippen LogP contribution in [0.2, 0.25) is 0 Å². The molecule has 0 aliphatic rings. The molecule has 0 saturated heterocycles. The molecule has 0 saturated carbocycles. The summed E-state index contributed by atoms with van der Waals surface area (Å²) in [6.07, 6.45) is 1.73. The van der Waals surface area contributed by atoms with Crippen molar-refractivity contribution in [3.05, 3.63) is 23.9 Å². The Hall–Kier alpha value is -1.58. The number of pyridine rings is 1. The first-order valence-electron chi connectivity index (χ1n) is 4.75. The largest absolute Gasteiger partial charge is 0.480 e. The Labute approximate surface area is 89.6 Å². The maximum absolute atomic E-state index is 11.0. The molecular formula is C11H16N2O2. The molecule has 4 nitrogen and oxygen atoms in total. The van der Waals surface area contributed by atoms with Crippen LogP contribution in [0, 0.1) is 6.92 Å². The van der Waals surface area contributed by atoms with Gasteiger partial charge in [-0.25, -0.2) is 9.78 Å². The quantitative estimate of drug-likeness (QED) is 0.821. The molecule has 0 aliphatic heterocycles. The zero-order valence-electron chi connectivity index (χ0n) is 9.48. The molecule has 4 heteroatoms. The third kappa shape index (κ3) is 2.26. The Bertz CT molecular complexity index is 357. The topological polar surface area (TPSA) is 53.4 Å². The number of rotatable bonds is 3. The van der Waals surface area contributed by atoms with Gasteiger partial charge in [0.05, 0.1) is 0 Å². The molecule has 1 heterocycles. The summed E-state index contributed by atoms with van der Waals surface area (Å²) in [5.41, 5.74) is 0.0997. The van der Waals surface area contributed by atoms with Crippen LogP contribution in [-0.2, 0) is 4.79 Å². The van der Waals surface area contributed by atoms with Crippen LogP contribution in [0.15, 0.2) is 18.3 Å². The number of aryl methyl sites for hydroxylation is 1. The first kappa shape index (κ1) is 11.5. The summed E-state index contributed by atoms with van der Waals surface area (Å²) >= 11 is 0. The van der Waals surface area contributed by atoms with E-state index in [1.165, 1.54) is 0 Å². The Morgan fingerprint density at radius 2 is 2.07 bits per heavy atom. The Morgan fingerprint density at radius 3 is 2.47 bits per heavy atom. The highest BCUT2D eigenvalue weighted by molar-refractivity contribution is 5.81. The molecule has 0 aliphatic carbocycles. The zero-order valence-corrected chi connectivity index (χ0v) is 9.48. The lowest BCUT2D eigenvalue weighted by molar-refractivity contribution is -0.142. The van der Waals surface area contributed by atoms with Crippen molar-refractivity contribution in [2.75, 3.05) is 11.9 Å². The summed E-state index contributed by atoms with van der Waals surface area (Å²) in [6, 6.07) is 3.73. The minimum absolute atomic E-state index is 0.660. The van der Waals surface area contributed by atoms with Crippen molar-refractivity contribution >= 4 is 11.8 Å². The van der Waals surface area contributed by atoms with Crippen LogP contribution in [-0.4, -0.2) is 28.6 Å². The second-order valence-corrected chi connectivity index (χ2v) is 4.12. The highest BCUT2D eigenvalue weighted by Gasteiger charge is 2.32. The van der Waals surface area contributed by atoms with Crippen LogP contribution < -0.4 is 4.90 Å². The number of likely N-dealkylation sites (N-methyl/N-ethyl adjacent to an activating group) is 1. The van der Waals surface area contributed by atoms with Crippen molar-refractivity contribution < 1.29 is 9.90 Å². The SMILES string of the molecule is Cc1ccc(N(C)C(C)(C)C(=O)O)nc1. The number of carboxylic acid groups (broad SMARTS) is 1. The number of carboxylic acids is 1. The van der Waals surface area contributed by atoms with E-state index in [0.29, 0.717) is 5.82 Å². The van der Waals surface area contributed by atoms with E-state index < -0.39 is 11.5 Å². The van der Waals surface area contributed by atoms with E-state index in [4.69, 9.17) is 5.11 Å². The molecule has 0 aromatic carbocycles. The molecule has 1 N–H and O–H groups in total. The molecular weight excluding hydrogens is 192 g/mol. The predicted octanol–water partition coefficient (Wildman–Crippen LogP) is 1.69. The van der Waals surface area contributed by atoms with Crippen molar-refractivity contribution in [2.45, 2.75) is 26.3 Å². The molecule has 0 spiro atoms. The normalized spacial score (nSPS) is 11.2. The van der Waals surface area contributed by atoms with Crippen molar-refractivity contribution in [3.63, 3.8) is 0 Å². The third-order valence-corrected chi connectivity index (χ3v) is 2.60. The maximum atomic E-state index is 11.0. The van der Waals surface area contributed by atoms with Gasteiger partial charge in [0.25, 0.3) is 0 Å². The number of aliphatic carboxylic acids is 1. The number of hydrogen-bond donors (Lipinski definition) is 1. The fourth-order valence-electron chi connectivity index (χ4n) is 1.09. The summed E-state index contributed by atoms with van der Waals surface area (Å²) in [5, 5.41) is 9.06. The van der Waals surface area contributed by atoms with Gasteiger partial charge in [-0.05, 0) is 32.4 Å². The predicted molar refractivity (Wildman–Crippen MR) is 59.1 cm³/mol. The van der Waals surface area contributed by atoms with Gasteiger partial charge in [-0.2, -0.15) is 0 Å². The van der Waals surface area contributed by atoms with E-state index in [9.17, 15) is 4.79 Å². The fraction of sp³-hybridized carbons (Fsp3) is 0.455. The summed E-state index contributed by atoms with van der Waals surface area (Å²) in [6.45, 7) is 5.24. The zero-order chi connectivity index (χ0) is 11.6. The van der Waals surface area contributed by atoms with Crippen molar-refractivity contribution in [2.24, 2.45) is 0 Å². The average Bonchev–Trinajstić information content (AvgIpc) is 2.17. The van der Waals surface area contributed by atoms with Gasteiger partial charge in [0, 0.05) is 13.2 Å². The van der Waals surface area contributed by atoms with Gasteiger partial charge >= 0.3 is 5.97 Å². The number of anilines is 1. The Kier molecular flexibility index (Phi) is 2.98. The highest BCUT2D eigenvalue weighted by Crippen LogP contribution is 2.20. The fourth-order valence-corrected chi connectivity index (χ4v) is 1.09. The minimum Gasteiger partial charge on any atom is -0.480 e. The molecule has 15 heavy (non-hydrogen) atoms. The molecule has 1 aromatic heterocycles. The van der Waals surface area contributed by atoms with E-state index in [-0.39, 0.29) is 0 Å². The lowest BCUT2D eigenvalue weighted by atomic mass is 10.0. The monoisotopic (exact) mass is 208 g/mol. The van der Waals surface area contributed by atoms with Gasteiger partial charge in [-0.3, -0.25) is 0 Å². The molecule has 0 radical (unpaired) electrons. The summed E-state index contributed by atoms with van der Waals surface area (Å²) in [4.78, 5) is 16.9. The van der Waals surface area contributed by atoms with Crippen LogP contribution in [0.5, 0.6) is 0 Å². The van der Waals surface area contributed by atoms with Crippen molar-refractivity contribution in [1.82, 2.24) is 4.98 Å². The van der Waals surface area contributed by atoms with Gasteiger partial charge in [0.1, 0.15) is 11.4 Å². The lowest BCUT2D eigenvalue weighted by Gasteiger charge is -2.32. The first-order valence-corrected chi connectivity index (χ1v) is 4.75. The van der Waals surface area contributed by atoms with Gasteiger partial charge in [-0.1, -0.05) is 6.07 Å². The summed E-state index contributed by atoms with van der Waals surface area (Å²) in [7, 11) is 1.73. The standard InChI is InChI=1S/C11H16N2O2/c1-8-5-6-9(12-7-8)13(4)11(2,3)10(14)15/h5-7H,1-4H3,(H,14,15). The smallest absolute Gasteiger partial charge is 0.328 e. The highest BCUT2D eigenvalue weighted by atomic mass is 16.4. The van der Waals surface area contributed by atoms with Crippen LogP contribution in [0.3, 0.4) is 0 Å². The third-order valence-electron chi connectivity index (χ3n) is 2.60. The number of aromatic nitrogens is 1. The van der Waals surface area contributed by atoms with Gasteiger partial charge in [0.15, 0.2) is 0 Å². The van der Waals surface area contributed by atoms with E-state index in [1.54, 1.807) is 32.0 Å². The van der Waals surface area contributed by atoms with Crippen molar-refractivity contribution in [1.29, 1.82) is 0 Å².